The SMILES string of the molecule is Clc1ccc(NC2CCc3ccccc3C2)nn1. The quantitative estimate of drug-likeness (QED) is 0.901. The van der Waals surface area contributed by atoms with Crippen LogP contribution in [0.4, 0.5) is 5.82 Å². The first kappa shape index (κ1) is 11.5. The summed E-state index contributed by atoms with van der Waals surface area (Å²) in [5.41, 5.74) is 2.90. The maximum Gasteiger partial charge on any atom is 0.151 e. The molecule has 0 aliphatic heterocycles. The highest BCUT2D eigenvalue weighted by Crippen LogP contribution is 2.23. The van der Waals surface area contributed by atoms with Crippen molar-refractivity contribution in [3.05, 3.63) is 52.7 Å². The van der Waals surface area contributed by atoms with Crippen molar-refractivity contribution < 1.29 is 0 Å². The third-order valence-corrected chi connectivity index (χ3v) is 3.53. The fraction of sp³-hybridized carbons (Fsp3) is 0.286. The average Bonchev–Trinajstić information content (AvgIpc) is 2.41. The molecule has 0 spiro atoms. The lowest BCUT2D eigenvalue weighted by Gasteiger charge is -2.25. The molecule has 1 aliphatic carbocycles. The van der Waals surface area contributed by atoms with E-state index in [9.17, 15) is 0 Å². The summed E-state index contributed by atoms with van der Waals surface area (Å²) in [6.07, 6.45) is 3.29. The number of nitrogens with zero attached hydrogens (tertiary/aromatic N) is 2. The maximum absolute atomic E-state index is 5.72. The molecule has 3 nitrogen and oxygen atoms in total. The monoisotopic (exact) mass is 259 g/mol. The van der Waals surface area contributed by atoms with Gasteiger partial charge in [0.1, 0.15) is 5.82 Å². The van der Waals surface area contributed by atoms with Crippen LogP contribution in [0.1, 0.15) is 17.5 Å². The fourth-order valence-electron chi connectivity index (χ4n) is 2.42. The van der Waals surface area contributed by atoms with Crippen molar-refractivity contribution in [1.29, 1.82) is 0 Å². The topological polar surface area (TPSA) is 37.8 Å². The zero-order chi connectivity index (χ0) is 12.4. The number of hydrogen-bond donors (Lipinski definition) is 1. The zero-order valence-electron chi connectivity index (χ0n) is 9.94. The second-order valence-corrected chi connectivity index (χ2v) is 4.98. The van der Waals surface area contributed by atoms with Crippen LogP contribution in [-0.2, 0) is 12.8 Å². The molecule has 0 radical (unpaired) electrons. The number of halogens is 1. The van der Waals surface area contributed by atoms with Crippen LogP contribution in [0.2, 0.25) is 5.15 Å². The standard InChI is InChI=1S/C14H14ClN3/c15-13-7-8-14(18-17-13)16-12-6-5-10-3-1-2-4-11(10)9-12/h1-4,7-8,12H,5-6,9H2,(H,16,18). The van der Waals surface area contributed by atoms with Crippen LogP contribution < -0.4 is 5.32 Å². The largest absolute Gasteiger partial charge is 0.366 e. The van der Waals surface area contributed by atoms with Gasteiger partial charge in [-0.05, 0) is 42.5 Å². The second kappa shape index (κ2) is 4.94. The second-order valence-electron chi connectivity index (χ2n) is 4.59. The average molecular weight is 260 g/mol. The van der Waals surface area contributed by atoms with Gasteiger partial charge in [-0.1, -0.05) is 35.9 Å². The summed E-state index contributed by atoms with van der Waals surface area (Å²) in [7, 11) is 0. The van der Waals surface area contributed by atoms with E-state index < -0.39 is 0 Å². The highest BCUT2D eigenvalue weighted by molar-refractivity contribution is 6.29. The van der Waals surface area contributed by atoms with Crippen molar-refractivity contribution in [3.8, 4) is 0 Å². The first-order valence-corrected chi connectivity index (χ1v) is 6.51. The summed E-state index contributed by atoms with van der Waals surface area (Å²) in [6, 6.07) is 12.7. The van der Waals surface area contributed by atoms with Gasteiger partial charge >= 0.3 is 0 Å². The van der Waals surface area contributed by atoms with E-state index in [1.807, 2.05) is 6.07 Å². The third kappa shape index (κ3) is 2.46. The van der Waals surface area contributed by atoms with Crippen molar-refractivity contribution in [2.24, 2.45) is 0 Å². The summed E-state index contributed by atoms with van der Waals surface area (Å²) >= 11 is 5.72. The fourth-order valence-corrected chi connectivity index (χ4v) is 2.52. The number of benzene rings is 1. The Morgan fingerprint density at radius 3 is 2.67 bits per heavy atom. The molecule has 1 N–H and O–H groups in total. The molecule has 2 aromatic rings. The van der Waals surface area contributed by atoms with E-state index in [1.54, 1.807) is 6.07 Å². The Balaban J connectivity index is 1.71. The first-order valence-electron chi connectivity index (χ1n) is 6.14. The molecular formula is C14H14ClN3. The molecular weight excluding hydrogens is 246 g/mol. The molecule has 0 saturated heterocycles. The van der Waals surface area contributed by atoms with Crippen molar-refractivity contribution in [2.45, 2.75) is 25.3 Å². The van der Waals surface area contributed by atoms with Gasteiger partial charge in [0, 0.05) is 6.04 Å². The molecule has 4 heteroatoms. The Morgan fingerprint density at radius 1 is 1.06 bits per heavy atom. The number of anilines is 1. The number of nitrogens with one attached hydrogen (secondary N) is 1. The summed E-state index contributed by atoms with van der Waals surface area (Å²) < 4.78 is 0. The summed E-state index contributed by atoms with van der Waals surface area (Å²) in [6.45, 7) is 0. The van der Waals surface area contributed by atoms with Gasteiger partial charge in [-0.15, -0.1) is 10.2 Å². The van der Waals surface area contributed by atoms with Gasteiger partial charge in [-0.3, -0.25) is 0 Å². The molecule has 0 saturated carbocycles. The predicted octanol–water partition coefficient (Wildman–Crippen LogP) is 3.10. The lowest BCUT2D eigenvalue weighted by molar-refractivity contribution is 0.607. The Morgan fingerprint density at radius 2 is 1.89 bits per heavy atom. The van der Waals surface area contributed by atoms with E-state index in [0.717, 1.165) is 25.1 Å². The highest BCUT2D eigenvalue weighted by atomic mass is 35.5. The Bertz CT molecular complexity index is 539. The maximum atomic E-state index is 5.72. The number of rotatable bonds is 2. The molecule has 3 rings (SSSR count). The van der Waals surface area contributed by atoms with Gasteiger partial charge < -0.3 is 5.32 Å². The molecule has 92 valence electrons. The van der Waals surface area contributed by atoms with Gasteiger partial charge in [0.25, 0.3) is 0 Å². The molecule has 1 unspecified atom stereocenters. The molecule has 1 atom stereocenters. The van der Waals surface area contributed by atoms with Crippen molar-refractivity contribution in [2.75, 3.05) is 5.32 Å². The lowest BCUT2D eigenvalue weighted by Crippen LogP contribution is -2.27. The number of fused-ring (bicyclic) bond motifs is 1. The van der Waals surface area contributed by atoms with Crippen molar-refractivity contribution in [1.82, 2.24) is 10.2 Å². The number of aromatic nitrogens is 2. The zero-order valence-corrected chi connectivity index (χ0v) is 10.7. The van der Waals surface area contributed by atoms with Crippen LogP contribution in [0.25, 0.3) is 0 Å². The van der Waals surface area contributed by atoms with Crippen LogP contribution in [0.3, 0.4) is 0 Å². The van der Waals surface area contributed by atoms with E-state index in [0.29, 0.717) is 11.2 Å². The van der Waals surface area contributed by atoms with Crippen molar-refractivity contribution >= 4 is 17.4 Å². The summed E-state index contributed by atoms with van der Waals surface area (Å²) in [5.74, 6) is 0.795. The summed E-state index contributed by atoms with van der Waals surface area (Å²) in [5, 5.41) is 11.7. The van der Waals surface area contributed by atoms with Crippen LogP contribution in [0.5, 0.6) is 0 Å². The smallest absolute Gasteiger partial charge is 0.151 e. The molecule has 18 heavy (non-hydrogen) atoms. The molecule has 0 bridgehead atoms. The van der Waals surface area contributed by atoms with Gasteiger partial charge in [0.05, 0.1) is 0 Å². The van der Waals surface area contributed by atoms with Crippen LogP contribution in [0, 0.1) is 0 Å². The molecule has 1 aliphatic rings. The highest BCUT2D eigenvalue weighted by Gasteiger charge is 2.18. The molecule has 1 aromatic heterocycles. The Labute approximate surface area is 111 Å². The van der Waals surface area contributed by atoms with E-state index in [4.69, 9.17) is 11.6 Å². The van der Waals surface area contributed by atoms with Crippen molar-refractivity contribution in [3.63, 3.8) is 0 Å². The molecule has 0 amide bonds. The molecule has 0 fully saturated rings. The van der Waals surface area contributed by atoms with Crippen LogP contribution in [0.15, 0.2) is 36.4 Å². The van der Waals surface area contributed by atoms with Gasteiger partial charge in [-0.2, -0.15) is 0 Å². The molecule has 1 heterocycles. The normalized spacial score (nSPS) is 18.2. The van der Waals surface area contributed by atoms with Gasteiger partial charge in [0.2, 0.25) is 0 Å². The van der Waals surface area contributed by atoms with E-state index in [1.165, 1.54) is 11.1 Å². The minimum absolute atomic E-state index is 0.425. The number of aryl methyl sites for hydroxylation is 1. The number of hydrogen-bond acceptors (Lipinski definition) is 3. The lowest BCUT2D eigenvalue weighted by atomic mass is 9.88. The van der Waals surface area contributed by atoms with E-state index in [2.05, 4.69) is 39.8 Å². The predicted molar refractivity (Wildman–Crippen MR) is 72.9 cm³/mol. The van der Waals surface area contributed by atoms with Gasteiger partial charge in [-0.25, -0.2) is 0 Å². The van der Waals surface area contributed by atoms with E-state index in [-0.39, 0.29) is 0 Å². The Kier molecular flexibility index (Phi) is 3.15. The third-order valence-electron chi connectivity index (χ3n) is 3.33. The minimum Gasteiger partial charge on any atom is -0.366 e. The summed E-state index contributed by atoms with van der Waals surface area (Å²) in [4.78, 5) is 0. The van der Waals surface area contributed by atoms with E-state index >= 15 is 0 Å². The Hall–Kier alpha value is -1.61. The first-order chi connectivity index (χ1) is 8.81. The van der Waals surface area contributed by atoms with Crippen LogP contribution in [-0.4, -0.2) is 16.2 Å². The van der Waals surface area contributed by atoms with Crippen LogP contribution >= 0.6 is 11.6 Å². The minimum atomic E-state index is 0.425. The molecule has 1 aromatic carbocycles. The van der Waals surface area contributed by atoms with Gasteiger partial charge in [0.15, 0.2) is 5.15 Å².